The van der Waals surface area contributed by atoms with Crippen molar-refractivity contribution in [3.63, 3.8) is 0 Å². The minimum absolute atomic E-state index is 0.0369. The van der Waals surface area contributed by atoms with Crippen molar-refractivity contribution in [1.82, 2.24) is 24.7 Å². The van der Waals surface area contributed by atoms with E-state index in [0.29, 0.717) is 38.8 Å². The van der Waals surface area contributed by atoms with Gasteiger partial charge in [0.05, 0.1) is 11.3 Å². The SMILES string of the molecule is O=C1N[C@]2(C(=O)NS(=O)(=O)C3CC3)CC2/C=C\CCCCC[C@H](CC(=O)N2CCCCC2)C(=O)N2C[C@H](C3c4ccccc4CCN3C(=O)O)C[C@@H]12. The van der Waals surface area contributed by atoms with Crippen molar-refractivity contribution >= 4 is 39.7 Å². The summed E-state index contributed by atoms with van der Waals surface area (Å²) >= 11 is 0. The zero-order valence-electron chi connectivity index (χ0n) is 29.7. The fraction of sp³-hybridized carbons (Fsp3) is 0.658. The maximum absolute atomic E-state index is 14.8. The van der Waals surface area contributed by atoms with Gasteiger partial charge in [0.1, 0.15) is 11.6 Å². The molecule has 5 amide bonds. The Morgan fingerprint density at radius 2 is 1.71 bits per heavy atom. The molecule has 2 unspecified atom stereocenters. The first-order chi connectivity index (χ1) is 25.0. The van der Waals surface area contributed by atoms with E-state index in [1.807, 2.05) is 41.3 Å². The molecule has 52 heavy (non-hydrogen) atoms. The predicted molar refractivity (Wildman–Crippen MR) is 191 cm³/mol. The fourth-order valence-electron chi connectivity index (χ4n) is 9.00. The minimum atomic E-state index is -3.89. The van der Waals surface area contributed by atoms with Crippen LogP contribution in [-0.2, 0) is 35.6 Å². The van der Waals surface area contributed by atoms with Gasteiger partial charge in [-0.1, -0.05) is 49.3 Å². The van der Waals surface area contributed by atoms with Gasteiger partial charge in [0.25, 0.3) is 5.91 Å². The highest BCUT2D eigenvalue weighted by atomic mass is 32.2. The number of benzene rings is 1. The molecule has 3 N–H and O–H groups in total. The van der Waals surface area contributed by atoms with Crippen LogP contribution in [0.25, 0.3) is 0 Å². The second-order valence-corrected chi connectivity index (χ2v) is 17.7. The topological polar surface area (TPSA) is 174 Å². The monoisotopic (exact) mass is 737 g/mol. The van der Waals surface area contributed by atoms with Gasteiger partial charge in [0, 0.05) is 50.4 Å². The first kappa shape index (κ1) is 36.4. The molecule has 4 fully saturated rings. The summed E-state index contributed by atoms with van der Waals surface area (Å²) in [5.74, 6) is -3.25. The molecule has 4 aliphatic heterocycles. The van der Waals surface area contributed by atoms with Crippen molar-refractivity contribution < 1.29 is 37.5 Å². The van der Waals surface area contributed by atoms with Crippen LogP contribution in [0.4, 0.5) is 4.79 Å². The van der Waals surface area contributed by atoms with Crippen molar-refractivity contribution in [2.75, 3.05) is 26.2 Å². The third-order valence-electron chi connectivity index (χ3n) is 12.2. The molecule has 2 aliphatic carbocycles. The number of hydrogen-bond acceptors (Lipinski definition) is 7. The molecule has 1 aromatic carbocycles. The molecular formula is C38H51N5O8S. The summed E-state index contributed by atoms with van der Waals surface area (Å²) in [7, 11) is -3.89. The molecule has 1 aromatic rings. The Bertz CT molecular complexity index is 1720. The Hall–Kier alpha value is -3.94. The smallest absolute Gasteiger partial charge is 0.407 e. The lowest BCUT2D eigenvalue weighted by Crippen LogP contribution is -2.57. The van der Waals surface area contributed by atoms with Gasteiger partial charge in [-0.05, 0) is 81.8 Å². The van der Waals surface area contributed by atoms with Gasteiger partial charge in [0.2, 0.25) is 27.7 Å². The molecule has 13 nitrogen and oxygen atoms in total. The summed E-state index contributed by atoms with van der Waals surface area (Å²) in [6.45, 7) is 1.71. The normalized spacial score (nSPS) is 31.9. The van der Waals surface area contributed by atoms with Crippen LogP contribution in [0.5, 0.6) is 0 Å². The van der Waals surface area contributed by atoms with Crippen LogP contribution >= 0.6 is 0 Å². The number of nitrogens with zero attached hydrogens (tertiary/aromatic N) is 3. The fourth-order valence-corrected chi connectivity index (χ4v) is 10.4. The van der Waals surface area contributed by atoms with Crippen molar-refractivity contribution in [2.45, 2.75) is 113 Å². The summed E-state index contributed by atoms with van der Waals surface area (Å²) in [4.78, 5) is 74.1. The summed E-state index contributed by atoms with van der Waals surface area (Å²) in [5.41, 5.74) is 0.383. The van der Waals surface area contributed by atoms with E-state index in [0.717, 1.165) is 56.1 Å². The Labute approximate surface area is 305 Å². The maximum Gasteiger partial charge on any atom is 0.407 e. The van der Waals surface area contributed by atoms with Gasteiger partial charge < -0.3 is 25.1 Å². The molecule has 6 atom stereocenters. The molecular weight excluding hydrogens is 687 g/mol. The lowest BCUT2D eigenvalue weighted by molar-refractivity contribution is -0.145. The van der Waals surface area contributed by atoms with E-state index in [2.05, 4.69) is 10.0 Å². The number of carbonyl (C=O) groups is 5. The molecule has 6 aliphatic rings. The Morgan fingerprint density at radius 3 is 2.46 bits per heavy atom. The van der Waals surface area contributed by atoms with Crippen molar-refractivity contribution in [2.24, 2.45) is 17.8 Å². The van der Waals surface area contributed by atoms with Gasteiger partial charge in [-0.2, -0.15) is 0 Å². The average molecular weight is 738 g/mol. The molecule has 0 aromatic heterocycles. The van der Waals surface area contributed by atoms with Crippen LogP contribution < -0.4 is 10.0 Å². The number of carboxylic acid groups (broad SMARTS) is 1. The lowest BCUT2D eigenvalue weighted by Gasteiger charge is -2.39. The lowest BCUT2D eigenvalue weighted by atomic mass is 9.83. The van der Waals surface area contributed by atoms with Gasteiger partial charge >= 0.3 is 6.09 Å². The molecule has 282 valence electrons. The second-order valence-electron chi connectivity index (χ2n) is 15.7. The number of amides is 5. The van der Waals surface area contributed by atoms with Crippen molar-refractivity contribution in [3.05, 3.63) is 47.5 Å². The Kier molecular flexibility index (Phi) is 10.4. The van der Waals surface area contributed by atoms with E-state index in [1.165, 1.54) is 9.80 Å². The van der Waals surface area contributed by atoms with Crippen LogP contribution in [-0.4, -0.2) is 101 Å². The third-order valence-corrected chi connectivity index (χ3v) is 14.0. The van der Waals surface area contributed by atoms with Gasteiger partial charge in [-0.25, -0.2) is 13.2 Å². The number of hydrogen-bond donors (Lipinski definition) is 3. The zero-order chi connectivity index (χ0) is 36.6. The van der Waals surface area contributed by atoms with E-state index < -0.39 is 68.6 Å². The summed E-state index contributed by atoms with van der Waals surface area (Å²) in [6.07, 6.45) is 11.2. The minimum Gasteiger partial charge on any atom is -0.465 e. The highest BCUT2D eigenvalue weighted by Gasteiger charge is 2.62. The highest BCUT2D eigenvalue weighted by molar-refractivity contribution is 7.91. The molecule has 7 rings (SSSR count). The van der Waals surface area contributed by atoms with E-state index >= 15 is 0 Å². The predicted octanol–water partition coefficient (Wildman–Crippen LogP) is 3.50. The second kappa shape index (κ2) is 14.8. The van der Waals surface area contributed by atoms with Crippen LogP contribution in [0.3, 0.4) is 0 Å². The van der Waals surface area contributed by atoms with Crippen LogP contribution in [0, 0.1) is 17.8 Å². The number of allylic oxidation sites excluding steroid dienone is 1. The Morgan fingerprint density at radius 1 is 0.962 bits per heavy atom. The summed E-state index contributed by atoms with van der Waals surface area (Å²) in [5, 5.41) is 12.6. The first-order valence-electron chi connectivity index (χ1n) is 19.2. The van der Waals surface area contributed by atoms with Crippen LogP contribution in [0.1, 0.15) is 101 Å². The standard InChI is InChI=1S/C38H51N5O8S/c44-32(41-18-9-4-10-19-41)22-26-12-5-2-1-3-6-13-28-23-38(28,36(47)40-52(50,51)29-15-16-29)39-34(45)31-21-27(24-43(31)35(26)46)33-30-14-8-7-11-25(30)17-20-42(33)37(48)49/h6-8,11,13-14,26-29,31,33H,1-5,9-10,12,15-24H2,(H,39,45)(H,40,47)(H,48,49)/b13-6-/t26-,27-,28?,31+,33?,38-/m1/s1. The Balaban J connectivity index is 1.22. The van der Waals surface area contributed by atoms with E-state index in [-0.39, 0.29) is 44.2 Å². The van der Waals surface area contributed by atoms with Gasteiger partial charge in [-0.15, -0.1) is 0 Å². The van der Waals surface area contributed by atoms with E-state index in [9.17, 15) is 37.5 Å². The summed E-state index contributed by atoms with van der Waals surface area (Å²) < 4.78 is 28.0. The number of likely N-dealkylation sites (tertiary alicyclic amines) is 1. The number of piperidine rings is 1. The molecule has 14 heteroatoms. The van der Waals surface area contributed by atoms with Gasteiger partial charge in [0.15, 0.2) is 0 Å². The van der Waals surface area contributed by atoms with Crippen LogP contribution in [0.2, 0.25) is 0 Å². The van der Waals surface area contributed by atoms with Gasteiger partial charge in [-0.3, -0.25) is 23.9 Å². The molecule has 2 saturated carbocycles. The molecule has 0 bridgehead atoms. The number of nitrogens with one attached hydrogen (secondary N) is 2. The number of rotatable bonds is 6. The van der Waals surface area contributed by atoms with Crippen LogP contribution in [0.15, 0.2) is 36.4 Å². The quantitative estimate of drug-likeness (QED) is 0.372. The third kappa shape index (κ3) is 7.45. The largest absolute Gasteiger partial charge is 0.465 e. The van der Waals surface area contributed by atoms with Crippen molar-refractivity contribution in [1.29, 1.82) is 0 Å². The van der Waals surface area contributed by atoms with E-state index in [4.69, 9.17) is 0 Å². The average Bonchev–Trinajstić information content (AvgIpc) is 4.06. The first-order valence-corrected chi connectivity index (χ1v) is 20.7. The number of sulfonamides is 1. The van der Waals surface area contributed by atoms with E-state index in [1.54, 1.807) is 0 Å². The zero-order valence-corrected chi connectivity index (χ0v) is 30.5. The molecule has 0 radical (unpaired) electrons. The van der Waals surface area contributed by atoms with Crippen molar-refractivity contribution in [3.8, 4) is 0 Å². The molecule has 2 saturated heterocycles. The number of carbonyl (C=O) groups excluding carboxylic acids is 4. The summed E-state index contributed by atoms with van der Waals surface area (Å²) in [6, 6.07) is 6.02. The highest BCUT2D eigenvalue weighted by Crippen LogP contribution is 2.47. The number of fused-ring (bicyclic) bond motifs is 3. The molecule has 0 spiro atoms. The maximum atomic E-state index is 14.8. The molecule has 4 heterocycles.